The highest BCUT2D eigenvalue weighted by atomic mass is 16.6. The maximum Gasteiger partial charge on any atom is 0.304 e. The number of benzene rings is 1. The van der Waals surface area contributed by atoms with Gasteiger partial charge in [-0.3, -0.25) is 20.2 Å². The van der Waals surface area contributed by atoms with Gasteiger partial charge in [-0.25, -0.2) is 4.68 Å². The molecule has 2 atom stereocenters. The third kappa shape index (κ3) is 5.55. The molecule has 2 aromatic rings. The number of para-hydroxylation sites is 1. The molecule has 10 heteroatoms. The van der Waals surface area contributed by atoms with E-state index < -0.39 is 16.9 Å². The van der Waals surface area contributed by atoms with Crippen molar-refractivity contribution < 1.29 is 14.8 Å². The summed E-state index contributed by atoms with van der Waals surface area (Å²) in [7, 11) is 0. The average Bonchev–Trinajstić information content (AvgIpc) is 3.32. The molecule has 1 heterocycles. The highest BCUT2D eigenvalue weighted by Crippen LogP contribution is 2.36. The number of nitro benzene ring substituents is 1. The van der Waals surface area contributed by atoms with Gasteiger partial charge in [0.15, 0.2) is 5.82 Å². The molecular weight excluding hydrogens is 424 g/mol. The lowest BCUT2D eigenvalue weighted by Crippen LogP contribution is -2.42. The Balaban J connectivity index is 1.74. The first kappa shape index (κ1) is 23.3. The fraction of sp³-hybridized carbons (Fsp3) is 0.652. The van der Waals surface area contributed by atoms with Crippen molar-refractivity contribution in [1.82, 2.24) is 25.5 Å². The van der Waals surface area contributed by atoms with Crippen LogP contribution in [-0.4, -0.2) is 42.2 Å². The van der Waals surface area contributed by atoms with Crippen molar-refractivity contribution in [2.45, 2.75) is 88.8 Å². The molecule has 0 radical (unpaired) electrons. The van der Waals surface area contributed by atoms with E-state index in [0.717, 1.165) is 57.8 Å². The number of carbonyl (C=O) groups is 1. The lowest BCUT2D eigenvalue weighted by Gasteiger charge is -2.33. The number of aromatic nitrogens is 4. The van der Waals surface area contributed by atoms with Gasteiger partial charge in [0.05, 0.1) is 22.9 Å². The smallest absolute Gasteiger partial charge is 0.304 e. The van der Waals surface area contributed by atoms with E-state index in [9.17, 15) is 20.0 Å². The second-order valence-electron chi connectivity index (χ2n) is 9.29. The summed E-state index contributed by atoms with van der Waals surface area (Å²) in [5, 5.41) is 37.5. The third-order valence-corrected chi connectivity index (χ3v) is 7.14. The molecule has 178 valence electrons. The van der Waals surface area contributed by atoms with Gasteiger partial charge in [-0.15, -0.1) is 5.10 Å². The van der Waals surface area contributed by atoms with Crippen LogP contribution >= 0.6 is 0 Å². The van der Waals surface area contributed by atoms with Gasteiger partial charge in [-0.05, 0) is 42.0 Å². The SMILES string of the molecule is O=C(O)CC(NC(c1ccccc1[N+](=O)[O-])c1nnnn1C1CCCCC1)C1CCCCC1. The average molecular weight is 457 g/mol. The van der Waals surface area contributed by atoms with E-state index >= 15 is 0 Å². The lowest BCUT2D eigenvalue weighted by molar-refractivity contribution is -0.385. The van der Waals surface area contributed by atoms with Crippen LogP contribution in [0.15, 0.2) is 24.3 Å². The number of nitro groups is 1. The van der Waals surface area contributed by atoms with Gasteiger partial charge in [-0.1, -0.05) is 56.7 Å². The number of tetrazole rings is 1. The van der Waals surface area contributed by atoms with Crippen LogP contribution < -0.4 is 5.32 Å². The fourth-order valence-electron chi connectivity index (χ4n) is 5.48. The first-order valence-electron chi connectivity index (χ1n) is 12.0. The maximum absolute atomic E-state index is 11.9. The predicted octanol–water partition coefficient (Wildman–Crippen LogP) is 4.19. The maximum atomic E-state index is 11.9. The van der Waals surface area contributed by atoms with E-state index in [1.165, 1.54) is 12.5 Å². The van der Waals surface area contributed by atoms with Crippen molar-refractivity contribution in [3.8, 4) is 0 Å². The molecule has 2 N–H and O–H groups in total. The van der Waals surface area contributed by atoms with Crippen LogP contribution in [0.5, 0.6) is 0 Å². The minimum Gasteiger partial charge on any atom is -0.481 e. The summed E-state index contributed by atoms with van der Waals surface area (Å²) in [5.41, 5.74) is 0.437. The molecule has 1 aromatic carbocycles. The Morgan fingerprint density at radius 1 is 1.12 bits per heavy atom. The molecule has 2 unspecified atom stereocenters. The molecule has 2 aliphatic rings. The Hall–Kier alpha value is -2.88. The first-order valence-corrected chi connectivity index (χ1v) is 12.0. The summed E-state index contributed by atoms with van der Waals surface area (Å²) in [6.07, 6.45) is 10.4. The monoisotopic (exact) mass is 456 g/mol. The van der Waals surface area contributed by atoms with E-state index in [-0.39, 0.29) is 30.1 Å². The number of nitrogens with one attached hydrogen (secondary N) is 1. The summed E-state index contributed by atoms with van der Waals surface area (Å²) in [5.74, 6) is -0.173. The second kappa shape index (κ2) is 10.8. The summed E-state index contributed by atoms with van der Waals surface area (Å²) < 4.78 is 1.81. The molecule has 2 aliphatic carbocycles. The highest BCUT2D eigenvalue weighted by Gasteiger charge is 2.35. The van der Waals surface area contributed by atoms with Crippen molar-refractivity contribution in [1.29, 1.82) is 0 Å². The van der Waals surface area contributed by atoms with Crippen LogP contribution in [0.1, 0.15) is 94.1 Å². The largest absolute Gasteiger partial charge is 0.481 e. The van der Waals surface area contributed by atoms with Crippen molar-refractivity contribution >= 4 is 11.7 Å². The van der Waals surface area contributed by atoms with Crippen molar-refractivity contribution in [2.24, 2.45) is 5.92 Å². The van der Waals surface area contributed by atoms with E-state index in [0.29, 0.717) is 11.4 Å². The number of hydrogen-bond acceptors (Lipinski definition) is 7. The number of nitrogens with zero attached hydrogens (tertiary/aromatic N) is 5. The zero-order valence-electron chi connectivity index (χ0n) is 18.8. The molecule has 0 amide bonds. The number of hydrogen-bond donors (Lipinski definition) is 2. The highest BCUT2D eigenvalue weighted by molar-refractivity contribution is 5.67. The van der Waals surface area contributed by atoms with E-state index in [1.807, 2.05) is 4.68 Å². The van der Waals surface area contributed by atoms with Gasteiger partial charge < -0.3 is 5.11 Å². The van der Waals surface area contributed by atoms with E-state index in [1.54, 1.807) is 18.2 Å². The summed E-state index contributed by atoms with van der Waals surface area (Å²) >= 11 is 0. The molecule has 1 aromatic heterocycles. The third-order valence-electron chi connectivity index (χ3n) is 7.14. The molecule has 4 rings (SSSR count). The molecule has 2 saturated carbocycles. The van der Waals surface area contributed by atoms with Gasteiger partial charge in [0.2, 0.25) is 0 Å². The minimum atomic E-state index is -0.883. The number of aliphatic carboxylic acids is 1. The molecule has 10 nitrogen and oxygen atoms in total. The molecule has 0 aliphatic heterocycles. The van der Waals surface area contributed by atoms with Crippen molar-refractivity contribution in [2.75, 3.05) is 0 Å². The van der Waals surface area contributed by atoms with Crippen LogP contribution in [0.3, 0.4) is 0 Å². The topological polar surface area (TPSA) is 136 Å². The van der Waals surface area contributed by atoms with E-state index in [2.05, 4.69) is 20.8 Å². The van der Waals surface area contributed by atoms with Gasteiger partial charge in [0, 0.05) is 12.1 Å². The van der Waals surface area contributed by atoms with Crippen LogP contribution in [0, 0.1) is 16.0 Å². The predicted molar refractivity (Wildman–Crippen MR) is 121 cm³/mol. The zero-order chi connectivity index (χ0) is 23.2. The number of rotatable bonds is 9. The van der Waals surface area contributed by atoms with Gasteiger partial charge in [0.25, 0.3) is 5.69 Å². The standard InChI is InChI=1S/C23H32N6O4/c30-21(31)15-19(16-9-3-1-4-10-16)24-22(18-13-7-8-14-20(18)29(32)33)23-25-26-27-28(23)17-11-5-2-6-12-17/h7-8,13-14,16-17,19,22,24H,1-6,9-12,15H2,(H,30,31). The van der Waals surface area contributed by atoms with Gasteiger partial charge in [-0.2, -0.15) is 0 Å². The first-order chi connectivity index (χ1) is 16.0. The Morgan fingerprint density at radius 2 is 1.79 bits per heavy atom. The van der Waals surface area contributed by atoms with Crippen LogP contribution in [-0.2, 0) is 4.79 Å². The number of carboxylic acids is 1. The van der Waals surface area contributed by atoms with Crippen LogP contribution in [0.2, 0.25) is 0 Å². The number of carboxylic acid groups (broad SMARTS) is 1. The Bertz CT molecular complexity index is 952. The minimum absolute atomic E-state index is 0.0223. The Labute approximate surface area is 192 Å². The van der Waals surface area contributed by atoms with Crippen LogP contribution in [0.25, 0.3) is 0 Å². The summed E-state index contributed by atoms with van der Waals surface area (Å²) in [6.45, 7) is 0. The molecule has 0 bridgehead atoms. The second-order valence-corrected chi connectivity index (χ2v) is 9.29. The van der Waals surface area contributed by atoms with Crippen molar-refractivity contribution in [3.05, 3.63) is 45.8 Å². The Kier molecular flexibility index (Phi) is 7.64. The molecule has 33 heavy (non-hydrogen) atoms. The normalized spacial score (nSPS) is 19.8. The van der Waals surface area contributed by atoms with Crippen LogP contribution in [0.4, 0.5) is 5.69 Å². The summed E-state index contributed by atoms with van der Waals surface area (Å²) in [6, 6.07) is 5.74. The lowest BCUT2D eigenvalue weighted by atomic mass is 9.82. The Morgan fingerprint density at radius 3 is 2.45 bits per heavy atom. The fourth-order valence-corrected chi connectivity index (χ4v) is 5.48. The van der Waals surface area contributed by atoms with E-state index in [4.69, 9.17) is 0 Å². The summed E-state index contributed by atoms with van der Waals surface area (Å²) in [4.78, 5) is 23.2. The molecular formula is C23H32N6O4. The van der Waals surface area contributed by atoms with Gasteiger partial charge in [0.1, 0.15) is 6.04 Å². The quantitative estimate of drug-likeness (QED) is 0.423. The molecule has 0 saturated heterocycles. The molecule has 0 spiro atoms. The molecule has 2 fully saturated rings. The zero-order valence-corrected chi connectivity index (χ0v) is 18.8. The van der Waals surface area contributed by atoms with Crippen molar-refractivity contribution in [3.63, 3.8) is 0 Å². The van der Waals surface area contributed by atoms with Gasteiger partial charge >= 0.3 is 5.97 Å².